The highest BCUT2D eigenvalue weighted by Crippen LogP contribution is 2.19. The number of carbonyl (C=O) groups excluding carboxylic acids is 1. The Morgan fingerprint density at radius 2 is 2.00 bits per heavy atom. The van der Waals surface area contributed by atoms with Gasteiger partial charge in [0, 0.05) is 15.9 Å². The Balaban J connectivity index is 1.89. The van der Waals surface area contributed by atoms with Gasteiger partial charge in [0.1, 0.15) is 0 Å². The average Bonchev–Trinajstić information content (AvgIpc) is 3.04. The van der Waals surface area contributed by atoms with Crippen LogP contribution in [0.25, 0.3) is 0 Å². The lowest BCUT2D eigenvalue weighted by Gasteiger charge is -2.22. The van der Waals surface area contributed by atoms with E-state index < -0.39 is 0 Å². The Bertz CT molecular complexity index is 583. The van der Waals surface area contributed by atoms with Crippen molar-refractivity contribution in [1.82, 2.24) is 10.6 Å². The molecule has 3 nitrogen and oxygen atoms in total. The van der Waals surface area contributed by atoms with Gasteiger partial charge in [0.15, 0.2) is 0 Å². The van der Waals surface area contributed by atoms with Crippen LogP contribution in [0.15, 0.2) is 41.8 Å². The van der Waals surface area contributed by atoms with Gasteiger partial charge in [-0.3, -0.25) is 10.1 Å². The molecule has 0 saturated heterocycles. The standard InChI is InChI=1S/C17H21ClN2OS/c1-3-16(13-6-8-14(18)9-7-13)20-12(2)17(21)19-11-15-5-4-10-22-15/h4-10,12,16,20H,3,11H2,1-2H3,(H,19,21). The molecule has 118 valence electrons. The molecule has 0 spiro atoms. The lowest BCUT2D eigenvalue weighted by Crippen LogP contribution is -2.43. The van der Waals surface area contributed by atoms with E-state index in [4.69, 9.17) is 11.6 Å². The predicted molar refractivity (Wildman–Crippen MR) is 93.2 cm³/mol. The van der Waals surface area contributed by atoms with Crippen molar-refractivity contribution in [1.29, 1.82) is 0 Å². The van der Waals surface area contributed by atoms with Crippen molar-refractivity contribution in [3.05, 3.63) is 57.2 Å². The first kappa shape index (κ1) is 17.0. The predicted octanol–water partition coefficient (Wildman–Crippen LogP) is 4.15. The van der Waals surface area contributed by atoms with Gasteiger partial charge >= 0.3 is 0 Å². The number of nitrogens with one attached hydrogen (secondary N) is 2. The van der Waals surface area contributed by atoms with Crippen LogP contribution < -0.4 is 10.6 Å². The van der Waals surface area contributed by atoms with Crippen LogP contribution in [-0.4, -0.2) is 11.9 Å². The third-order valence-corrected chi connectivity index (χ3v) is 4.67. The maximum absolute atomic E-state index is 12.2. The van der Waals surface area contributed by atoms with E-state index in [2.05, 4.69) is 17.6 Å². The minimum absolute atomic E-state index is 0.0146. The zero-order valence-corrected chi connectivity index (χ0v) is 14.4. The Labute approximate surface area is 140 Å². The first-order chi connectivity index (χ1) is 10.6. The molecule has 0 bridgehead atoms. The Morgan fingerprint density at radius 1 is 1.27 bits per heavy atom. The number of hydrogen-bond donors (Lipinski definition) is 2. The van der Waals surface area contributed by atoms with Crippen molar-refractivity contribution in [2.75, 3.05) is 0 Å². The lowest BCUT2D eigenvalue weighted by atomic mass is 10.0. The van der Waals surface area contributed by atoms with Gasteiger partial charge in [-0.25, -0.2) is 0 Å². The van der Waals surface area contributed by atoms with Crippen LogP contribution >= 0.6 is 22.9 Å². The van der Waals surface area contributed by atoms with Crippen LogP contribution in [0.2, 0.25) is 5.02 Å². The number of thiophene rings is 1. The van der Waals surface area contributed by atoms with Crippen LogP contribution in [0.1, 0.15) is 36.8 Å². The Morgan fingerprint density at radius 3 is 2.59 bits per heavy atom. The molecule has 1 aromatic heterocycles. The molecule has 1 amide bonds. The largest absolute Gasteiger partial charge is 0.350 e. The van der Waals surface area contributed by atoms with Crippen LogP contribution in [-0.2, 0) is 11.3 Å². The molecule has 0 fully saturated rings. The van der Waals surface area contributed by atoms with Gasteiger partial charge in [-0.05, 0) is 42.5 Å². The molecular weight excluding hydrogens is 316 g/mol. The van der Waals surface area contributed by atoms with E-state index in [0.29, 0.717) is 6.54 Å². The highest BCUT2D eigenvalue weighted by atomic mass is 35.5. The molecule has 0 aliphatic heterocycles. The summed E-state index contributed by atoms with van der Waals surface area (Å²) in [5, 5.41) is 9.08. The number of halogens is 1. The van der Waals surface area contributed by atoms with E-state index in [9.17, 15) is 4.79 Å². The van der Waals surface area contributed by atoms with Gasteiger partial charge in [-0.1, -0.05) is 36.7 Å². The first-order valence-electron chi connectivity index (χ1n) is 7.41. The maximum Gasteiger partial charge on any atom is 0.237 e. The summed E-state index contributed by atoms with van der Waals surface area (Å²) < 4.78 is 0. The molecule has 0 saturated carbocycles. The highest BCUT2D eigenvalue weighted by molar-refractivity contribution is 7.09. The number of amides is 1. The van der Waals surface area contributed by atoms with E-state index in [0.717, 1.165) is 21.9 Å². The molecule has 22 heavy (non-hydrogen) atoms. The number of carbonyl (C=O) groups is 1. The zero-order valence-electron chi connectivity index (χ0n) is 12.8. The Hall–Kier alpha value is -1.36. The van der Waals surface area contributed by atoms with Gasteiger partial charge in [0.05, 0.1) is 12.6 Å². The summed E-state index contributed by atoms with van der Waals surface area (Å²) >= 11 is 7.57. The second-order valence-electron chi connectivity index (χ2n) is 5.20. The van der Waals surface area contributed by atoms with E-state index in [1.807, 2.05) is 48.7 Å². The smallest absolute Gasteiger partial charge is 0.237 e. The van der Waals surface area contributed by atoms with E-state index in [-0.39, 0.29) is 18.0 Å². The molecule has 2 atom stereocenters. The fraction of sp³-hybridized carbons (Fsp3) is 0.353. The summed E-state index contributed by atoms with van der Waals surface area (Å²) in [5.74, 6) is 0.0146. The summed E-state index contributed by atoms with van der Waals surface area (Å²) in [4.78, 5) is 13.3. The third-order valence-electron chi connectivity index (χ3n) is 3.54. The van der Waals surface area contributed by atoms with E-state index in [1.54, 1.807) is 11.3 Å². The van der Waals surface area contributed by atoms with E-state index in [1.165, 1.54) is 0 Å². The monoisotopic (exact) mass is 336 g/mol. The molecule has 2 rings (SSSR count). The molecule has 2 N–H and O–H groups in total. The number of benzene rings is 1. The van der Waals surface area contributed by atoms with Crippen molar-refractivity contribution in [3.63, 3.8) is 0 Å². The molecule has 0 radical (unpaired) electrons. The first-order valence-corrected chi connectivity index (χ1v) is 8.67. The van der Waals surface area contributed by atoms with Crippen molar-refractivity contribution in [2.24, 2.45) is 0 Å². The van der Waals surface area contributed by atoms with Gasteiger partial charge in [-0.15, -0.1) is 11.3 Å². The zero-order chi connectivity index (χ0) is 15.9. The average molecular weight is 337 g/mol. The van der Waals surface area contributed by atoms with Gasteiger partial charge in [0.25, 0.3) is 0 Å². The minimum Gasteiger partial charge on any atom is -0.350 e. The minimum atomic E-state index is -0.249. The molecule has 0 aliphatic carbocycles. The fourth-order valence-electron chi connectivity index (χ4n) is 2.26. The molecule has 1 aromatic carbocycles. The second-order valence-corrected chi connectivity index (χ2v) is 6.67. The van der Waals surface area contributed by atoms with Gasteiger partial charge < -0.3 is 5.32 Å². The SMILES string of the molecule is CCC(NC(C)C(=O)NCc1cccs1)c1ccc(Cl)cc1. The molecule has 1 heterocycles. The van der Waals surface area contributed by atoms with Crippen molar-refractivity contribution >= 4 is 28.8 Å². The molecule has 5 heteroatoms. The highest BCUT2D eigenvalue weighted by Gasteiger charge is 2.17. The number of hydrogen-bond acceptors (Lipinski definition) is 3. The summed E-state index contributed by atoms with van der Waals surface area (Å²) in [6.07, 6.45) is 0.907. The lowest BCUT2D eigenvalue weighted by molar-refractivity contribution is -0.123. The quantitative estimate of drug-likeness (QED) is 0.797. The van der Waals surface area contributed by atoms with Crippen molar-refractivity contribution in [2.45, 2.75) is 38.9 Å². The van der Waals surface area contributed by atoms with Crippen molar-refractivity contribution < 1.29 is 4.79 Å². The second kappa shape index (κ2) is 8.32. The van der Waals surface area contributed by atoms with Gasteiger partial charge in [0.2, 0.25) is 5.91 Å². The summed E-state index contributed by atoms with van der Waals surface area (Å²) in [5.41, 5.74) is 1.14. The summed E-state index contributed by atoms with van der Waals surface area (Å²) in [6, 6.07) is 11.7. The summed E-state index contributed by atoms with van der Waals surface area (Å²) in [7, 11) is 0. The number of rotatable bonds is 7. The molecule has 2 unspecified atom stereocenters. The fourth-order valence-corrected chi connectivity index (χ4v) is 3.03. The maximum atomic E-state index is 12.2. The third kappa shape index (κ3) is 4.83. The van der Waals surface area contributed by atoms with Crippen LogP contribution in [0.3, 0.4) is 0 Å². The topological polar surface area (TPSA) is 41.1 Å². The van der Waals surface area contributed by atoms with E-state index >= 15 is 0 Å². The van der Waals surface area contributed by atoms with Crippen LogP contribution in [0, 0.1) is 0 Å². The summed E-state index contributed by atoms with van der Waals surface area (Å²) in [6.45, 7) is 4.57. The normalized spacial score (nSPS) is 13.6. The van der Waals surface area contributed by atoms with Gasteiger partial charge in [-0.2, -0.15) is 0 Å². The Kier molecular flexibility index (Phi) is 6.43. The van der Waals surface area contributed by atoms with Crippen molar-refractivity contribution in [3.8, 4) is 0 Å². The molecule has 0 aliphatic rings. The van der Waals surface area contributed by atoms with Crippen LogP contribution in [0.4, 0.5) is 0 Å². The molecular formula is C17H21ClN2OS. The molecule has 2 aromatic rings. The van der Waals surface area contributed by atoms with Crippen LogP contribution in [0.5, 0.6) is 0 Å².